The lowest BCUT2D eigenvalue weighted by Crippen LogP contribution is -2.27. The molecule has 2 aromatic rings. The number of aromatic nitrogens is 2. The van der Waals surface area contributed by atoms with Crippen LogP contribution in [0.3, 0.4) is 0 Å². The molecule has 10 heteroatoms. The molecule has 0 spiro atoms. The summed E-state index contributed by atoms with van der Waals surface area (Å²) < 4.78 is 41.0. The summed E-state index contributed by atoms with van der Waals surface area (Å²) >= 11 is 0. The zero-order chi connectivity index (χ0) is 20.7. The van der Waals surface area contributed by atoms with Crippen LogP contribution in [-0.2, 0) is 4.79 Å². The predicted molar refractivity (Wildman–Crippen MR) is 94.8 cm³/mol. The fourth-order valence-electron chi connectivity index (χ4n) is 2.13. The van der Waals surface area contributed by atoms with Crippen LogP contribution in [0.2, 0.25) is 0 Å². The van der Waals surface area contributed by atoms with Crippen LogP contribution in [0, 0.1) is 0 Å². The third-order valence-corrected chi connectivity index (χ3v) is 3.59. The molecular formula is C18H19F3N4O3. The van der Waals surface area contributed by atoms with Crippen molar-refractivity contribution in [3.05, 3.63) is 47.9 Å². The lowest BCUT2D eigenvalue weighted by atomic mass is 10.1. The van der Waals surface area contributed by atoms with Crippen LogP contribution in [0.5, 0.6) is 5.75 Å². The van der Waals surface area contributed by atoms with E-state index in [0.717, 1.165) is 6.20 Å². The van der Waals surface area contributed by atoms with E-state index in [1.165, 1.54) is 18.3 Å². The lowest BCUT2D eigenvalue weighted by Gasteiger charge is -2.15. The quantitative estimate of drug-likeness (QED) is 0.749. The predicted octanol–water partition coefficient (Wildman–Crippen LogP) is 3.26. The number of alkyl halides is 3. The van der Waals surface area contributed by atoms with Gasteiger partial charge in [0.15, 0.2) is 6.61 Å². The summed E-state index contributed by atoms with van der Waals surface area (Å²) in [6.07, 6.45) is -1.58. The Labute approximate surface area is 159 Å². The monoisotopic (exact) mass is 396 g/mol. The molecule has 0 aliphatic heterocycles. The maximum atomic E-state index is 12.3. The summed E-state index contributed by atoms with van der Waals surface area (Å²) in [5.74, 6) is -0.411. The van der Waals surface area contributed by atoms with E-state index in [2.05, 4.69) is 25.3 Å². The highest BCUT2D eigenvalue weighted by molar-refractivity contribution is 5.92. The molecule has 150 valence electrons. The molecule has 2 heterocycles. The van der Waals surface area contributed by atoms with Crippen molar-refractivity contribution in [2.45, 2.75) is 32.5 Å². The second-order valence-electron chi connectivity index (χ2n) is 5.85. The highest BCUT2D eigenvalue weighted by atomic mass is 19.4. The number of anilines is 1. The largest absolute Gasteiger partial charge is 0.483 e. The molecule has 28 heavy (non-hydrogen) atoms. The van der Waals surface area contributed by atoms with Gasteiger partial charge >= 0.3 is 6.18 Å². The van der Waals surface area contributed by atoms with Crippen LogP contribution in [0.1, 0.15) is 42.4 Å². The molecule has 0 aliphatic carbocycles. The van der Waals surface area contributed by atoms with E-state index in [4.69, 9.17) is 0 Å². The van der Waals surface area contributed by atoms with Crippen molar-refractivity contribution in [1.82, 2.24) is 15.3 Å². The van der Waals surface area contributed by atoms with Gasteiger partial charge in [0.25, 0.3) is 5.91 Å². The number of halogens is 3. The molecule has 1 unspecified atom stereocenters. The van der Waals surface area contributed by atoms with Gasteiger partial charge in [-0.1, -0.05) is 6.92 Å². The molecule has 0 saturated heterocycles. The zero-order valence-electron chi connectivity index (χ0n) is 15.2. The van der Waals surface area contributed by atoms with Gasteiger partial charge in [-0.25, -0.2) is 9.97 Å². The van der Waals surface area contributed by atoms with E-state index in [1.807, 2.05) is 0 Å². The molecule has 0 saturated carbocycles. The van der Waals surface area contributed by atoms with Crippen LogP contribution in [0.4, 0.5) is 19.0 Å². The van der Waals surface area contributed by atoms with E-state index >= 15 is 0 Å². The van der Waals surface area contributed by atoms with Gasteiger partial charge in [0, 0.05) is 12.6 Å². The maximum Gasteiger partial charge on any atom is 0.422 e. The fraction of sp³-hybridized carbons (Fsp3) is 0.333. The summed E-state index contributed by atoms with van der Waals surface area (Å²) in [6, 6.07) is 5.42. The first-order valence-corrected chi connectivity index (χ1v) is 8.40. The second-order valence-corrected chi connectivity index (χ2v) is 5.85. The van der Waals surface area contributed by atoms with Crippen LogP contribution in [0.15, 0.2) is 36.7 Å². The van der Waals surface area contributed by atoms with Crippen molar-refractivity contribution in [1.29, 1.82) is 0 Å². The Morgan fingerprint density at radius 2 is 1.96 bits per heavy atom. The minimum absolute atomic E-state index is 0.0276. The molecule has 2 rings (SSSR count). The topological polar surface area (TPSA) is 93.2 Å². The summed E-state index contributed by atoms with van der Waals surface area (Å²) in [7, 11) is 0. The minimum Gasteiger partial charge on any atom is -0.483 e. The van der Waals surface area contributed by atoms with Gasteiger partial charge in [-0.3, -0.25) is 9.59 Å². The maximum absolute atomic E-state index is 12.3. The number of ether oxygens (including phenoxy) is 1. The summed E-state index contributed by atoms with van der Waals surface area (Å²) in [5.41, 5.74) is 0.736. The number of carbonyl (C=O) groups is 2. The van der Waals surface area contributed by atoms with Gasteiger partial charge < -0.3 is 15.4 Å². The van der Waals surface area contributed by atoms with Crippen molar-refractivity contribution in [2.75, 3.05) is 11.9 Å². The zero-order valence-corrected chi connectivity index (χ0v) is 15.2. The van der Waals surface area contributed by atoms with E-state index in [1.54, 1.807) is 26.0 Å². The number of nitrogens with zero attached hydrogens (tertiary/aromatic N) is 2. The number of nitrogens with one attached hydrogen (secondary N) is 2. The first-order valence-electron chi connectivity index (χ1n) is 8.40. The van der Waals surface area contributed by atoms with Gasteiger partial charge in [-0.15, -0.1) is 0 Å². The van der Waals surface area contributed by atoms with Crippen molar-refractivity contribution >= 4 is 17.6 Å². The van der Waals surface area contributed by atoms with E-state index in [-0.39, 0.29) is 17.4 Å². The van der Waals surface area contributed by atoms with E-state index < -0.39 is 24.7 Å². The first-order chi connectivity index (χ1) is 13.2. The Morgan fingerprint density at radius 3 is 2.57 bits per heavy atom. The number of hydrogen-bond acceptors (Lipinski definition) is 5. The first kappa shape index (κ1) is 21.1. The Morgan fingerprint density at radius 1 is 1.21 bits per heavy atom. The molecule has 2 N–H and O–H groups in total. The third kappa shape index (κ3) is 6.53. The van der Waals surface area contributed by atoms with Gasteiger partial charge in [0.2, 0.25) is 5.91 Å². The Hall–Kier alpha value is -3.17. The minimum atomic E-state index is -4.45. The van der Waals surface area contributed by atoms with Crippen LogP contribution in [0.25, 0.3) is 0 Å². The molecule has 0 radical (unpaired) electrons. The fourth-order valence-corrected chi connectivity index (χ4v) is 2.13. The van der Waals surface area contributed by atoms with Gasteiger partial charge in [-0.2, -0.15) is 13.2 Å². The lowest BCUT2D eigenvalue weighted by molar-refractivity contribution is -0.153. The molecule has 2 amide bonds. The van der Waals surface area contributed by atoms with Crippen molar-refractivity contribution in [3.8, 4) is 5.75 Å². The second kappa shape index (κ2) is 9.16. The molecular weight excluding hydrogens is 377 g/mol. The molecule has 7 nitrogen and oxygen atoms in total. The summed E-state index contributed by atoms with van der Waals surface area (Å²) in [4.78, 5) is 31.6. The number of rotatable bonds is 7. The highest BCUT2D eigenvalue weighted by Crippen LogP contribution is 2.19. The molecule has 0 aromatic carbocycles. The van der Waals surface area contributed by atoms with Crippen LogP contribution >= 0.6 is 0 Å². The van der Waals surface area contributed by atoms with Gasteiger partial charge in [0.05, 0.1) is 12.2 Å². The van der Waals surface area contributed by atoms with E-state index in [0.29, 0.717) is 17.8 Å². The number of pyridine rings is 2. The standard InChI is InChI=1S/C18H19F3N4O3/c1-3-16(26)25-15-8-12(6-7-22-15)11(2)24-17(27)14-5-4-13(9-23-14)28-10-18(19,20)21/h4-9,11H,3,10H2,1-2H3,(H,24,27)(H,22,25,26). The summed E-state index contributed by atoms with van der Waals surface area (Å²) in [6.45, 7) is 2.02. The Kier molecular flexibility index (Phi) is 6.91. The van der Waals surface area contributed by atoms with Crippen molar-refractivity contribution in [3.63, 3.8) is 0 Å². The third-order valence-electron chi connectivity index (χ3n) is 3.59. The summed E-state index contributed by atoms with van der Waals surface area (Å²) in [5, 5.41) is 5.35. The van der Waals surface area contributed by atoms with Crippen molar-refractivity contribution < 1.29 is 27.5 Å². The number of hydrogen-bond donors (Lipinski definition) is 2. The normalized spacial score (nSPS) is 12.2. The molecule has 2 aromatic heterocycles. The average Bonchev–Trinajstić information content (AvgIpc) is 2.66. The van der Waals surface area contributed by atoms with Gasteiger partial charge in [-0.05, 0) is 36.8 Å². The smallest absolute Gasteiger partial charge is 0.422 e. The molecule has 0 bridgehead atoms. The Bertz CT molecular complexity index is 826. The highest BCUT2D eigenvalue weighted by Gasteiger charge is 2.28. The van der Waals surface area contributed by atoms with Crippen LogP contribution < -0.4 is 15.4 Å². The molecule has 0 fully saturated rings. The van der Waals surface area contributed by atoms with Crippen molar-refractivity contribution in [2.24, 2.45) is 0 Å². The Balaban J connectivity index is 1.98. The molecule has 0 aliphatic rings. The number of amides is 2. The van der Waals surface area contributed by atoms with Crippen LogP contribution in [-0.4, -0.2) is 34.6 Å². The SMILES string of the molecule is CCC(=O)Nc1cc(C(C)NC(=O)c2ccc(OCC(F)(F)F)cn2)ccn1. The average molecular weight is 396 g/mol. The van der Waals surface area contributed by atoms with E-state index in [9.17, 15) is 22.8 Å². The van der Waals surface area contributed by atoms with Gasteiger partial charge in [0.1, 0.15) is 17.3 Å². The molecule has 1 atom stereocenters. The number of carbonyl (C=O) groups excluding carboxylic acids is 2.